The van der Waals surface area contributed by atoms with Crippen molar-refractivity contribution in [2.24, 2.45) is 0 Å². The topological polar surface area (TPSA) is 28.4 Å². The van der Waals surface area contributed by atoms with Gasteiger partial charge in [-0.1, -0.05) is 6.42 Å². The lowest BCUT2D eigenvalue weighted by Gasteiger charge is -2.20. The molecule has 0 aliphatic carbocycles. The Morgan fingerprint density at radius 2 is 2.00 bits per heavy atom. The van der Waals surface area contributed by atoms with E-state index in [1.54, 1.807) is 6.26 Å². The monoisotopic (exact) mass is 252 g/mol. The van der Waals surface area contributed by atoms with Gasteiger partial charge in [0.1, 0.15) is 0 Å². The number of rotatable bonds is 8. The Labute approximate surface area is 112 Å². The molecule has 1 N–H and O–H groups in total. The third-order valence-corrected chi connectivity index (χ3v) is 2.90. The molecule has 0 saturated heterocycles. The summed E-state index contributed by atoms with van der Waals surface area (Å²) in [4.78, 5) is 2.35. The summed E-state index contributed by atoms with van der Waals surface area (Å²) in [6.07, 6.45) is 7.38. The highest BCUT2D eigenvalue weighted by atomic mass is 16.3. The quantitative estimate of drug-likeness (QED) is 0.720. The first-order valence-electron chi connectivity index (χ1n) is 6.92. The molecule has 0 fully saturated rings. The second-order valence-corrected chi connectivity index (χ2v) is 6.11. The van der Waals surface area contributed by atoms with Crippen molar-refractivity contribution < 1.29 is 4.42 Å². The maximum atomic E-state index is 5.07. The third kappa shape index (κ3) is 7.51. The number of nitrogens with zero attached hydrogens (tertiary/aromatic N) is 1. The molecule has 0 radical (unpaired) electrons. The molecule has 0 bridgehead atoms. The molecule has 3 heteroatoms. The second-order valence-electron chi connectivity index (χ2n) is 6.11. The molecular formula is C15H28N2O. The van der Waals surface area contributed by atoms with Gasteiger partial charge < -0.3 is 14.6 Å². The van der Waals surface area contributed by atoms with E-state index in [0.717, 1.165) is 19.6 Å². The van der Waals surface area contributed by atoms with Gasteiger partial charge in [0.2, 0.25) is 0 Å². The van der Waals surface area contributed by atoms with Crippen molar-refractivity contribution in [3.8, 4) is 0 Å². The SMILES string of the molecule is CN(CCCCCNC(C)(C)C)Cc1ccoc1. The van der Waals surface area contributed by atoms with Crippen LogP contribution in [0.25, 0.3) is 0 Å². The van der Waals surface area contributed by atoms with E-state index in [-0.39, 0.29) is 5.54 Å². The average Bonchev–Trinajstić information content (AvgIpc) is 2.74. The molecule has 0 aliphatic rings. The zero-order chi connectivity index (χ0) is 13.4. The summed E-state index contributed by atoms with van der Waals surface area (Å²) in [6.45, 7) is 9.90. The minimum Gasteiger partial charge on any atom is -0.472 e. The van der Waals surface area contributed by atoms with E-state index in [0.29, 0.717) is 0 Å². The maximum Gasteiger partial charge on any atom is 0.0947 e. The molecule has 0 atom stereocenters. The third-order valence-electron chi connectivity index (χ3n) is 2.90. The standard InChI is InChI=1S/C15H28N2O/c1-15(2,3)16-9-6-5-7-10-17(4)12-14-8-11-18-13-14/h8,11,13,16H,5-7,9-10,12H2,1-4H3. The molecule has 0 aromatic carbocycles. The highest BCUT2D eigenvalue weighted by Crippen LogP contribution is 2.06. The van der Waals surface area contributed by atoms with E-state index in [2.05, 4.69) is 38.0 Å². The minimum absolute atomic E-state index is 0.248. The molecule has 0 unspecified atom stereocenters. The van der Waals surface area contributed by atoms with Crippen molar-refractivity contribution in [3.63, 3.8) is 0 Å². The molecule has 0 saturated carbocycles. The Bertz CT molecular complexity index is 301. The summed E-state index contributed by atoms with van der Waals surface area (Å²) in [7, 11) is 2.17. The van der Waals surface area contributed by atoms with Crippen LogP contribution in [0, 0.1) is 0 Å². The zero-order valence-electron chi connectivity index (χ0n) is 12.3. The molecule has 1 heterocycles. The molecule has 1 rings (SSSR count). The van der Waals surface area contributed by atoms with Gasteiger partial charge in [0.05, 0.1) is 12.5 Å². The first-order chi connectivity index (χ1) is 8.47. The summed E-state index contributed by atoms with van der Waals surface area (Å²) < 4.78 is 5.07. The molecular weight excluding hydrogens is 224 g/mol. The van der Waals surface area contributed by atoms with E-state index >= 15 is 0 Å². The fourth-order valence-electron chi connectivity index (χ4n) is 1.92. The number of furan rings is 1. The van der Waals surface area contributed by atoms with Crippen LogP contribution < -0.4 is 5.32 Å². The lowest BCUT2D eigenvalue weighted by atomic mass is 10.1. The second kappa shape index (κ2) is 7.59. The van der Waals surface area contributed by atoms with Crippen LogP contribution in [0.4, 0.5) is 0 Å². The van der Waals surface area contributed by atoms with Gasteiger partial charge in [-0.2, -0.15) is 0 Å². The Kier molecular flexibility index (Phi) is 6.44. The predicted octanol–water partition coefficient (Wildman–Crippen LogP) is 3.27. The lowest BCUT2D eigenvalue weighted by Crippen LogP contribution is -2.36. The zero-order valence-corrected chi connectivity index (χ0v) is 12.3. The highest BCUT2D eigenvalue weighted by molar-refractivity contribution is 5.04. The average molecular weight is 252 g/mol. The molecule has 104 valence electrons. The van der Waals surface area contributed by atoms with Crippen LogP contribution in [-0.4, -0.2) is 30.6 Å². The summed E-state index contributed by atoms with van der Waals surface area (Å²) in [5, 5.41) is 3.52. The van der Waals surface area contributed by atoms with Crippen molar-refractivity contribution in [1.82, 2.24) is 10.2 Å². The number of nitrogens with one attached hydrogen (secondary N) is 1. The fourth-order valence-corrected chi connectivity index (χ4v) is 1.92. The largest absolute Gasteiger partial charge is 0.472 e. The number of hydrogen-bond acceptors (Lipinski definition) is 3. The normalized spacial score (nSPS) is 12.3. The highest BCUT2D eigenvalue weighted by Gasteiger charge is 2.07. The van der Waals surface area contributed by atoms with Crippen molar-refractivity contribution in [1.29, 1.82) is 0 Å². The van der Waals surface area contributed by atoms with Gasteiger partial charge in [-0.25, -0.2) is 0 Å². The number of hydrogen-bond donors (Lipinski definition) is 1. The Hall–Kier alpha value is -0.800. The van der Waals surface area contributed by atoms with E-state index in [9.17, 15) is 0 Å². The Morgan fingerprint density at radius 1 is 1.22 bits per heavy atom. The van der Waals surface area contributed by atoms with E-state index in [4.69, 9.17) is 4.42 Å². The molecule has 18 heavy (non-hydrogen) atoms. The van der Waals surface area contributed by atoms with Crippen molar-refractivity contribution in [3.05, 3.63) is 24.2 Å². The summed E-state index contributed by atoms with van der Waals surface area (Å²) in [6, 6.07) is 2.03. The van der Waals surface area contributed by atoms with Crippen LogP contribution in [0.5, 0.6) is 0 Å². The number of unbranched alkanes of at least 4 members (excludes halogenated alkanes) is 2. The van der Waals surface area contributed by atoms with Gasteiger partial charge in [0.15, 0.2) is 0 Å². The summed E-state index contributed by atoms with van der Waals surface area (Å²) in [5.74, 6) is 0. The van der Waals surface area contributed by atoms with Gasteiger partial charge in [-0.3, -0.25) is 0 Å². The van der Waals surface area contributed by atoms with Gasteiger partial charge in [0.25, 0.3) is 0 Å². The van der Waals surface area contributed by atoms with Gasteiger partial charge in [-0.15, -0.1) is 0 Å². The van der Waals surface area contributed by atoms with E-state index < -0.39 is 0 Å². The Morgan fingerprint density at radius 3 is 2.61 bits per heavy atom. The van der Waals surface area contributed by atoms with Gasteiger partial charge in [-0.05, 0) is 59.8 Å². The van der Waals surface area contributed by atoms with Crippen LogP contribution in [0.2, 0.25) is 0 Å². The van der Waals surface area contributed by atoms with Crippen LogP contribution in [0.15, 0.2) is 23.0 Å². The molecule has 0 aliphatic heterocycles. The van der Waals surface area contributed by atoms with Crippen LogP contribution in [0.3, 0.4) is 0 Å². The predicted molar refractivity (Wildman–Crippen MR) is 76.6 cm³/mol. The first kappa shape index (κ1) is 15.3. The van der Waals surface area contributed by atoms with Gasteiger partial charge in [0, 0.05) is 17.6 Å². The maximum absolute atomic E-state index is 5.07. The lowest BCUT2D eigenvalue weighted by molar-refractivity contribution is 0.314. The molecule has 0 spiro atoms. The van der Waals surface area contributed by atoms with Crippen molar-refractivity contribution in [2.45, 2.75) is 52.1 Å². The Balaban J connectivity index is 1.97. The van der Waals surface area contributed by atoms with E-state index in [1.807, 2.05) is 12.3 Å². The first-order valence-corrected chi connectivity index (χ1v) is 6.92. The minimum atomic E-state index is 0.248. The van der Waals surface area contributed by atoms with Crippen LogP contribution >= 0.6 is 0 Å². The van der Waals surface area contributed by atoms with Crippen LogP contribution in [-0.2, 0) is 6.54 Å². The summed E-state index contributed by atoms with van der Waals surface area (Å²) in [5.41, 5.74) is 1.50. The smallest absolute Gasteiger partial charge is 0.0947 e. The summed E-state index contributed by atoms with van der Waals surface area (Å²) >= 11 is 0. The van der Waals surface area contributed by atoms with Gasteiger partial charge >= 0.3 is 0 Å². The molecule has 0 amide bonds. The molecule has 1 aromatic heterocycles. The van der Waals surface area contributed by atoms with Crippen LogP contribution in [0.1, 0.15) is 45.6 Å². The van der Waals surface area contributed by atoms with Crippen molar-refractivity contribution >= 4 is 0 Å². The molecule has 1 aromatic rings. The molecule has 3 nitrogen and oxygen atoms in total. The van der Waals surface area contributed by atoms with Crippen molar-refractivity contribution in [2.75, 3.05) is 20.1 Å². The fraction of sp³-hybridized carbons (Fsp3) is 0.733. The van der Waals surface area contributed by atoms with E-state index in [1.165, 1.54) is 24.8 Å².